The molecule has 152 valence electrons. The van der Waals surface area contributed by atoms with E-state index < -0.39 is 12.0 Å². The molecule has 1 aliphatic heterocycles. The number of hydrogen-bond acceptors (Lipinski definition) is 6. The number of esters is 1. The van der Waals surface area contributed by atoms with Crippen molar-refractivity contribution >= 4 is 39.3 Å². The quantitative estimate of drug-likeness (QED) is 0.579. The molecule has 0 amide bonds. The number of methoxy groups -OCH3 is 1. The Labute approximate surface area is 184 Å². The first-order valence-corrected chi connectivity index (χ1v) is 10.7. The minimum atomic E-state index is -0.645. The van der Waals surface area contributed by atoms with E-state index in [1.807, 2.05) is 30.3 Å². The fraction of sp³-hybridized carbons (Fsp3) is 0.136. The van der Waals surface area contributed by atoms with Crippen LogP contribution in [0.1, 0.15) is 24.1 Å². The number of hydrogen-bond donors (Lipinski definition) is 1. The number of nitrogens with zero attached hydrogens (tertiary/aromatic N) is 2. The number of carbonyl (C=O) groups excluding carboxylic acids is 1. The molecule has 1 N–H and O–H groups in total. The van der Waals surface area contributed by atoms with Gasteiger partial charge in [0.15, 0.2) is 4.80 Å². The van der Waals surface area contributed by atoms with Crippen molar-refractivity contribution < 1.29 is 14.6 Å². The fourth-order valence-electron chi connectivity index (χ4n) is 3.43. The van der Waals surface area contributed by atoms with Crippen molar-refractivity contribution in [1.82, 2.24) is 4.57 Å². The molecule has 0 bridgehead atoms. The number of phenolic OH excluding ortho intramolecular Hbond substituents is 1. The Bertz CT molecular complexity index is 1360. The van der Waals surface area contributed by atoms with Crippen LogP contribution < -0.4 is 14.9 Å². The third-order valence-electron chi connectivity index (χ3n) is 4.82. The minimum Gasteiger partial charge on any atom is -0.507 e. The second kappa shape index (κ2) is 8.04. The van der Waals surface area contributed by atoms with Crippen LogP contribution in [-0.4, -0.2) is 22.8 Å². The van der Waals surface area contributed by atoms with Crippen LogP contribution in [0.4, 0.5) is 0 Å². The van der Waals surface area contributed by atoms with Crippen LogP contribution >= 0.6 is 27.3 Å². The minimum absolute atomic E-state index is 0.0649. The van der Waals surface area contributed by atoms with E-state index >= 15 is 0 Å². The maximum atomic E-state index is 13.4. The fourth-order valence-corrected chi connectivity index (χ4v) is 4.84. The zero-order valence-corrected chi connectivity index (χ0v) is 18.5. The lowest BCUT2D eigenvalue weighted by Crippen LogP contribution is -2.39. The zero-order chi connectivity index (χ0) is 21.4. The highest BCUT2D eigenvalue weighted by Crippen LogP contribution is 2.30. The summed E-state index contributed by atoms with van der Waals surface area (Å²) < 4.78 is 7.68. The molecule has 4 rings (SSSR count). The van der Waals surface area contributed by atoms with Crippen molar-refractivity contribution in [2.24, 2.45) is 4.99 Å². The van der Waals surface area contributed by atoms with Crippen molar-refractivity contribution in [3.8, 4) is 5.75 Å². The highest BCUT2D eigenvalue weighted by molar-refractivity contribution is 9.10. The summed E-state index contributed by atoms with van der Waals surface area (Å²) in [5.74, 6) is -0.459. The number of ether oxygens (including phenoxy) is 1. The molecular formula is C22H17BrN2O4S. The summed E-state index contributed by atoms with van der Waals surface area (Å²) in [6, 6.07) is 13.7. The van der Waals surface area contributed by atoms with E-state index in [4.69, 9.17) is 4.74 Å². The first-order valence-electron chi connectivity index (χ1n) is 9.05. The van der Waals surface area contributed by atoms with Crippen LogP contribution in [0.15, 0.2) is 74.1 Å². The van der Waals surface area contributed by atoms with Crippen molar-refractivity contribution in [2.75, 3.05) is 7.11 Å². The van der Waals surface area contributed by atoms with Gasteiger partial charge in [-0.3, -0.25) is 9.36 Å². The van der Waals surface area contributed by atoms with Gasteiger partial charge in [0.2, 0.25) is 0 Å². The number of aromatic nitrogens is 1. The average Bonchev–Trinajstić information content (AvgIpc) is 3.04. The third-order valence-corrected chi connectivity index (χ3v) is 6.29. The zero-order valence-electron chi connectivity index (χ0n) is 16.1. The largest absolute Gasteiger partial charge is 0.507 e. The number of allylic oxidation sites excluding steroid dienone is 1. The Balaban J connectivity index is 2.00. The lowest BCUT2D eigenvalue weighted by molar-refractivity contribution is -0.136. The van der Waals surface area contributed by atoms with Gasteiger partial charge >= 0.3 is 5.97 Å². The van der Waals surface area contributed by atoms with Crippen LogP contribution in [0.2, 0.25) is 0 Å². The number of aromatic hydroxyl groups is 1. The molecule has 0 radical (unpaired) electrons. The summed E-state index contributed by atoms with van der Waals surface area (Å²) in [4.78, 5) is 30.9. The Kier molecular flexibility index (Phi) is 5.44. The first kappa shape index (κ1) is 20.3. The molecule has 1 aliphatic rings. The van der Waals surface area contributed by atoms with E-state index in [0.717, 1.165) is 10.0 Å². The third kappa shape index (κ3) is 3.53. The van der Waals surface area contributed by atoms with Crippen LogP contribution in [-0.2, 0) is 9.53 Å². The molecular weight excluding hydrogens is 468 g/mol. The van der Waals surface area contributed by atoms with E-state index in [1.54, 1.807) is 31.2 Å². The summed E-state index contributed by atoms with van der Waals surface area (Å²) in [6.45, 7) is 1.74. The van der Waals surface area contributed by atoms with Gasteiger partial charge in [-0.2, -0.15) is 0 Å². The molecule has 1 aromatic heterocycles. The molecule has 1 atom stereocenters. The molecule has 3 aromatic rings. The number of thiazole rings is 1. The molecule has 6 nitrogen and oxygen atoms in total. The molecule has 2 heterocycles. The van der Waals surface area contributed by atoms with Gasteiger partial charge in [0, 0.05) is 10.0 Å². The summed E-state index contributed by atoms with van der Waals surface area (Å²) in [5, 5.41) is 10.2. The maximum absolute atomic E-state index is 13.4. The Hall–Kier alpha value is -2.97. The van der Waals surface area contributed by atoms with Gasteiger partial charge < -0.3 is 9.84 Å². The first-order chi connectivity index (χ1) is 14.4. The SMILES string of the molecule is COC(=O)C1=C(C)N=c2s/c(=C\c3cc(Br)ccc3O)c(=O)n2C1c1ccccc1. The summed E-state index contributed by atoms with van der Waals surface area (Å²) in [6.07, 6.45) is 1.63. The summed E-state index contributed by atoms with van der Waals surface area (Å²) in [5.41, 5.74) is 1.84. The molecule has 8 heteroatoms. The molecule has 0 fully saturated rings. The number of carbonyl (C=O) groups is 1. The molecule has 0 spiro atoms. The van der Waals surface area contributed by atoms with Gasteiger partial charge in [0.1, 0.15) is 5.75 Å². The van der Waals surface area contributed by atoms with Crippen molar-refractivity contribution in [3.05, 3.63) is 95.1 Å². The smallest absolute Gasteiger partial charge is 0.338 e. The van der Waals surface area contributed by atoms with Crippen LogP contribution in [0.3, 0.4) is 0 Å². The molecule has 2 aromatic carbocycles. The average molecular weight is 485 g/mol. The lowest BCUT2D eigenvalue weighted by atomic mass is 9.96. The second-order valence-electron chi connectivity index (χ2n) is 6.69. The van der Waals surface area contributed by atoms with E-state index in [1.165, 1.54) is 23.0 Å². The number of rotatable bonds is 3. The van der Waals surface area contributed by atoms with E-state index in [2.05, 4.69) is 20.9 Å². The monoisotopic (exact) mass is 484 g/mol. The molecule has 30 heavy (non-hydrogen) atoms. The Morgan fingerprint density at radius 3 is 2.70 bits per heavy atom. The Morgan fingerprint density at radius 1 is 1.27 bits per heavy atom. The molecule has 0 saturated carbocycles. The number of halogens is 1. The van der Waals surface area contributed by atoms with Crippen LogP contribution in [0.5, 0.6) is 5.75 Å². The number of benzene rings is 2. The van der Waals surface area contributed by atoms with E-state index in [-0.39, 0.29) is 11.3 Å². The normalized spacial score (nSPS) is 16.2. The second-order valence-corrected chi connectivity index (χ2v) is 8.61. The summed E-state index contributed by atoms with van der Waals surface area (Å²) in [7, 11) is 1.31. The van der Waals surface area contributed by atoms with Crippen LogP contribution in [0, 0.1) is 0 Å². The van der Waals surface area contributed by atoms with Crippen LogP contribution in [0.25, 0.3) is 6.08 Å². The standard InChI is InChI=1S/C22H17BrN2O4S/c1-12-18(21(28)29-2)19(13-6-4-3-5-7-13)25-20(27)17(30-22(25)24-12)11-14-10-15(23)8-9-16(14)26/h3-11,19,26H,1-2H3/b17-11-. The van der Waals surface area contributed by atoms with Gasteiger partial charge in [0.25, 0.3) is 5.56 Å². The predicted molar refractivity (Wildman–Crippen MR) is 118 cm³/mol. The highest BCUT2D eigenvalue weighted by atomic mass is 79.9. The lowest BCUT2D eigenvalue weighted by Gasteiger charge is -2.24. The molecule has 0 saturated heterocycles. The topological polar surface area (TPSA) is 80.9 Å². The molecule has 1 unspecified atom stereocenters. The number of phenols is 1. The number of fused-ring (bicyclic) bond motifs is 1. The predicted octanol–water partition coefficient (Wildman–Crippen LogP) is 2.88. The molecule has 0 aliphatic carbocycles. The van der Waals surface area contributed by atoms with Crippen molar-refractivity contribution in [3.63, 3.8) is 0 Å². The highest BCUT2D eigenvalue weighted by Gasteiger charge is 2.32. The van der Waals surface area contributed by atoms with Gasteiger partial charge in [-0.05, 0) is 36.8 Å². The maximum Gasteiger partial charge on any atom is 0.338 e. The van der Waals surface area contributed by atoms with E-state index in [0.29, 0.717) is 26.2 Å². The van der Waals surface area contributed by atoms with Gasteiger partial charge in [-0.15, -0.1) is 0 Å². The van der Waals surface area contributed by atoms with Gasteiger partial charge in [-0.25, -0.2) is 9.79 Å². The summed E-state index contributed by atoms with van der Waals surface area (Å²) >= 11 is 4.59. The van der Waals surface area contributed by atoms with Gasteiger partial charge in [-0.1, -0.05) is 57.6 Å². The van der Waals surface area contributed by atoms with E-state index in [9.17, 15) is 14.7 Å². The Morgan fingerprint density at radius 2 is 2.00 bits per heavy atom. The van der Waals surface area contributed by atoms with Crippen molar-refractivity contribution in [1.29, 1.82) is 0 Å². The van der Waals surface area contributed by atoms with Gasteiger partial charge in [0.05, 0.1) is 29.0 Å². The van der Waals surface area contributed by atoms with Crippen molar-refractivity contribution in [2.45, 2.75) is 13.0 Å².